The maximum Gasteiger partial charge on any atom is 0.410 e. The lowest BCUT2D eigenvalue weighted by Gasteiger charge is -2.40. The minimum atomic E-state index is -1.08. The van der Waals surface area contributed by atoms with Crippen LogP contribution in [0.3, 0.4) is 0 Å². The van der Waals surface area contributed by atoms with E-state index in [0.29, 0.717) is 31.0 Å². The number of nitrogens with two attached hydrogens (primary N) is 3. The van der Waals surface area contributed by atoms with Gasteiger partial charge in [0.1, 0.15) is 30.4 Å². The molecular weight excluding hydrogens is 893 g/mol. The molecule has 0 aliphatic rings. The Kier molecular flexibility index (Phi) is 23.5. The number of unbranched alkanes of at least 4 members (excludes halogenated alkanes) is 2. The van der Waals surface area contributed by atoms with Gasteiger partial charge in [-0.25, -0.2) is 23.4 Å². The number of nitrogens with zero attached hydrogens (tertiary/aromatic N) is 4. The van der Waals surface area contributed by atoms with Crippen molar-refractivity contribution in [1.82, 2.24) is 40.6 Å². The second kappa shape index (κ2) is 28.4. The summed E-state index contributed by atoms with van der Waals surface area (Å²) in [5.41, 5.74) is 18.4. The summed E-state index contributed by atoms with van der Waals surface area (Å²) in [5, 5.41) is 10.7. The van der Waals surface area contributed by atoms with E-state index >= 15 is 4.39 Å². The van der Waals surface area contributed by atoms with E-state index in [1.807, 2.05) is 62.6 Å². The van der Waals surface area contributed by atoms with E-state index in [0.717, 1.165) is 28.9 Å². The average molecular weight is 968 g/mol. The lowest BCUT2D eigenvalue weighted by Crippen LogP contribution is -2.55. The van der Waals surface area contributed by atoms with E-state index in [4.69, 9.17) is 26.9 Å². The van der Waals surface area contributed by atoms with Crippen LogP contribution in [0.25, 0.3) is 11.3 Å². The third-order valence-electron chi connectivity index (χ3n) is 11.4. The first-order chi connectivity index (χ1) is 32.7. The van der Waals surface area contributed by atoms with Crippen LogP contribution in [0.5, 0.6) is 0 Å². The van der Waals surface area contributed by atoms with Crippen LogP contribution >= 0.6 is 0 Å². The number of aryl methyl sites for hydroxylation is 1. The number of hydrogen-bond acceptors (Lipinski definition) is 10. The van der Waals surface area contributed by atoms with Crippen molar-refractivity contribution < 1.29 is 42.3 Å². The molecule has 0 fully saturated rings. The molecule has 2 aromatic carbocycles. The number of ether oxygens (including phenoxy) is 1. The molecule has 7 amide bonds. The Morgan fingerprint density at radius 1 is 0.899 bits per heavy atom. The molecule has 0 bridgehead atoms. The fourth-order valence-electron chi connectivity index (χ4n) is 7.61. The van der Waals surface area contributed by atoms with E-state index in [9.17, 15) is 33.2 Å². The van der Waals surface area contributed by atoms with Gasteiger partial charge in [0, 0.05) is 64.0 Å². The number of likely N-dealkylation sites (N-methyl/N-ethyl adjacent to an activating group) is 1. The Labute approximate surface area is 405 Å². The van der Waals surface area contributed by atoms with Crippen molar-refractivity contribution in [2.75, 3.05) is 53.1 Å². The smallest absolute Gasteiger partial charge is 0.410 e. The van der Waals surface area contributed by atoms with Crippen molar-refractivity contribution in [3.05, 3.63) is 77.5 Å². The predicted molar refractivity (Wildman–Crippen MR) is 260 cm³/mol. The maximum absolute atomic E-state index is 15.4. The highest BCUT2D eigenvalue weighted by atomic mass is 19.1. The van der Waals surface area contributed by atoms with Crippen molar-refractivity contribution in [3.63, 3.8) is 0 Å². The fourth-order valence-corrected chi connectivity index (χ4v) is 7.61. The third kappa shape index (κ3) is 19.0. The van der Waals surface area contributed by atoms with Crippen molar-refractivity contribution in [2.24, 2.45) is 28.5 Å². The van der Waals surface area contributed by atoms with Crippen molar-refractivity contribution in [2.45, 2.75) is 117 Å². The van der Waals surface area contributed by atoms with E-state index in [1.165, 1.54) is 18.0 Å². The first-order valence-electron chi connectivity index (χ1n) is 23.6. The molecule has 1 aromatic heterocycles. The monoisotopic (exact) mass is 968 g/mol. The first-order valence-corrected chi connectivity index (χ1v) is 23.6. The number of amides is 7. The molecule has 3 aromatic rings. The predicted octanol–water partition coefficient (Wildman–Crippen LogP) is 4.43. The number of benzene rings is 2. The van der Waals surface area contributed by atoms with Gasteiger partial charge in [-0.1, -0.05) is 83.0 Å². The summed E-state index contributed by atoms with van der Waals surface area (Å²) in [7, 11) is 1.42. The highest BCUT2D eigenvalue weighted by Gasteiger charge is 2.39. The fraction of sp³-hybridized carbons (Fsp3) is 0.571. The van der Waals surface area contributed by atoms with E-state index in [1.54, 1.807) is 32.2 Å². The molecule has 0 aliphatic heterocycles. The summed E-state index contributed by atoms with van der Waals surface area (Å²) in [6.45, 7) is 10.4. The van der Waals surface area contributed by atoms with Gasteiger partial charge in [-0.2, -0.15) is 0 Å². The molecular formula is C49H75F2N11O7. The van der Waals surface area contributed by atoms with Gasteiger partial charge in [-0.15, -0.1) is 0 Å². The molecule has 1 heterocycles. The van der Waals surface area contributed by atoms with Crippen LogP contribution in [0.4, 0.5) is 18.4 Å². The summed E-state index contributed by atoms with van der Waals surface area (Å²) in [6, 6.07) is 9.88. The van der Waals surface area contributed by atoms with Crippen LogP contribution in [0.2, 0.25) is 0 Å². The van der Waals surface area contributed by atoms with Gasteiger partial charge >= 0.3 is 12.1 Å². The van der Waals surface area contributed by atoms with E-state index in [2.05, 4.69) is 21.3 Å². The standard InChI is InChI=1S/C49H75F2N11O7/c1-32(2)42(59-40(63)18-12-9-13-22-52)46(66)58-38(17-14-23-56-47(54)67)45(65)55-24-26-60(7)48(68)69-31-41(64)62(25-21-35(53)28-50)43(49(4,5)6)44-57-39(36-27-33(3)19-20-37(36)51)30-61(44)29-34-15-10-8-11-16-34/h8,10-11,15-16,19-20,27,30,32,35,38,42-43H,9,12-14,17-18,21-26,28-29,31,52-53H2,1-7H3,(H,55,65)(H,58,66)(H,59,63)(H3,54,56,67)/t35-,38-,42-,43-/m0/s1. The molecule has 4 atom stereocenters. The number of alkyl halides is 1. The Hall–Kier alpha value is -6.15. The van der Waals surface area contributed by atoms with Gasteiger partial charge in [0.25, 0.3) is 5.91 Å². The number of hydrogen-bond donors (Lipinski definition) is 7. The Morgan fingerprint density at radius 2 is 1.61 bits per heavy atom. The number of rotatable bonds is 28. The summed E-state index contributed by atoms with van der Waals surface area (Å²) >= 11 is 0. The lowest BCUT2D eigenvalue weighted by atomic mass is 9.84. The molecule has 18 nitrogen and oxygen atoms in total. The van der Waals surface area contributed by atoms with E-state index in [-0.39, 0.29) is 69.3 Å². The lowest BCUT2D eigenvalue weighted by molar-refractivity contribution is -0.140. The van der Waals surface area contributed by atoms with Gasteiger partial charge in [0.2, 0.25) is 17.7 Å². The molecule has 0 spiro atoms. The molecule has 10 N–H and O–H groups in total. The quantitative estimate of drug-likeness (QED) is 0.0504. The molecule has 0 unspecified atom stereocenters. The van der Waals surface area contributed by atoms with Gasteiger partial charge < -0.3 is 57.6 Å². The van der Waals surface area contributed by atoms with Crippen LogP contribution < -0.4 is 38.5 Å². The number of carbonyl (C=O) groups is 6. The number of aromatic nitrogens is 2. The van der Waals surface area contributed by atoms with Crippen molar-refractivity contribution in [3.8, 4) is 11.3 Å². The number of halogens is 2. The average Bonchev–Trinajstić information content (AvgIpc) is 3.70. The summed E-state index contributed by atoms with van der Waals surface area (Å²) in [4.78, 5) is 86.3. The van der Waals surface area contributed by atoms with Gasteiger partial charge in [-0.3, -0.25) is 19.2 Å². The highest BCUT2D eigenvalue weighted by molar-refractivity contribution is 5.92. The maximum atomic E-state index is 15.4. The van der Waals surface area contributed by atoms with E-state index < -0.39 is 78.5 Å². The number of nitrogens with one attached hydrogen (secondary N) is 4. The normalized spacial score (nSPS) is 13.2. The van der Waals surface area contributed by atoms with Crippen LogP contribution in [0.15, 0.2) is 54.7 Å². The van der Waals surface area contributed by atoms with Crippen LogP contribution in [-0.2, 0) is 30.5 Å². The van der Waals surface area contributed by atoms with Gasteiger partial charge in [-0.05, 0) is 74.6 Å². The van der Waals surface area contributed by atoms with Gasteiger partial charge in [0.15, 0.2) is 6.61 Å². The Balaban J connectivity index is 1.79. The zero-order valence-electron chi connectivity index (χ0n) is 41.3. The molecule has 382 valence electrons. The van der Waals surface area contributed by atoms with Crippen molar-refractivity contribution in [1.29, 1.82) is 0 Å². The molecule has 69 heavy (non-hydrogen) atoms. The van der Waals surface area contributed by atoms with Gasteiger partial charge in [0.05, 0.1) is 11.7 Å². The zero-order chi connectivity index (χ0) is 51.3. The first kappa shape index (κ1) is 57.2. The van der Waals surface area contributed by atoms with Crippen LogP contribution in [0.1, 0.15) is 103 Å². The summed E-state index contributed by atoms with van der Waals surface area (Å²) in [5.74, 6) is -2.41. The second-order valence-electron chi connectivity index (χ2n) is 18.8. The minimum absolute atomic E-state index is 0.0204. The minimum Gasteiger partial charge on any atom is -0.439 e. The SMILES string of the molecule is Cc1ccc(F)c(-c2cn(Cc3ccccc3)c([C@H](N(CC[C@H](N)CF)C(=O)COC(=O)N(C)CCNC(=O)[C@H](CCCNC(N)=O)NC(=O)[C@@H](NC(=O)CCCCCN)C(C)C)C(C)(C)C)n2)c1. The summed E-state index contributed by atoms with van der Waals surface area (Å²) < 4.78 is 36.5. The Bertz CT molecular complexity index is 2130. The number of imidazole rings is 1. The van der Waals surface area contributed by atoms with Crippen LogP contribution in [0, 0.1) is 24.1 Å². The molecule has 0 aliphatic carbocycles. The molecule has 0 saturated heterocycles. The number of urea groups is 1. The number of primary amides is 1. The molecule has 3 rings (SSSR count). The highest BCUT2D eigenvalue weighted by Crippen LogP contribution is 2.40. The summed E-state index contributed by atoms with van der Waals surface area (Å²) in [6.07, 6.45) is 3.70. The molecule has 20 heteroatoms. The Morgan fingerprint density at radius 3 is 2.25 bits per heavy atom. The third-order valence-corrected chi connectivity index (χ3v) is 11.4. The number of carbonyl (C=O) groups excluding carboxylic acids is 6. The largest absolute Gasteiger partial charge is 0.439 e. The molecule has 0 saturated carbocycles. The van der Waals surface area contributed by atoms with Crippen LogP contribution in [-0.4, -0.2) is 126 Å². The van der Waals surface area contributed by atoms with Crippen molar-refractivity contribution >= 4 is 35.8 Å². The molecule has 0 radical (unpaired) electrons. The topological polar surface area (TPSA) is 262 Å². The second-order valence-corrected chi connectivity index (χ2v) is 18.8. The zero-order valence-corrected chi connectivity index (χ0v) is 41.3.